The summed E-state index contributed by atoms with van der Waals surface area (Å²) in [5, 5.41) is 5.17. The average Bonchev–Trinajstić information content (AvgIpc) is 3.29. The Morgan fingerprint density at radius 1 is 1.17 bits per heavy atom. The number of hydrogen-bond donors (Lipinski definition) is 2. The summed E-state index contributed by atoms with van der Waals surface area (Å²) < 4.78 is 0. The third-order valence-corrected chi connectivity index (χ3v) is 5.75. The van der Waals surface area contributed by atoms with Crippen LogP contribution in [0.5, 0.6) is 0 Å². The first-order chi connectivity index (χ1) is 14.5. The van der Waals surface area contributed by atoms with Crippen LogP contribution < -0.4 is 15.5 Å². The van der Waals surface area contributed by atoms with Crippen molar-refractivity contribution in [1.82, 2.24) is 15.2 Å². The number of urea groups is 1. The van der Waals surface area contributed by atoms with Gasteiger partial charge in [0.05, 0.1) is 11.4 Å². The second-order valence-corrected chi connectivity index (χ2v) is 7.57. The Morgan fingerprint density at radius 2 is 2.03 bits per heavy atom. The molecule has 2 N–H and O–H groups in total. The minimum absolute atomic E-state index is 0.212. The van der Waals surface area contributed by atoms with Crippen molar-refractivity contribution in [3.8, 4) is 0 Å². The third-order valence-electron chi connectivity index (χ3n) is 5.75. The van der Waals surface area contributed by atoms with Crippen molar-refractivity contribution >= 4 is 35.1 Å². The minimum atomic E-state index is -0.658. The van der Waals surface area contributed by atoms with Crippen LogP contribution in [0.2, 0.25) is 0 Å². The first kappa shape index (κ1) is 18.3. The fraction of sp³-hybridized carbons (Fsp3) is 0.286. The molecule has 152 valence electrons. The smallest absolute Gasteiger partial charge is 0.322 e. The lowest BCUT2D eigenvalue weighted by atomic mass is 10.0. The van der Waals surface area contributed by atoms with Gasteiger partial charge in [0.15, 0.2) is 0 Å². The number of nitrogens with zero attached hydrogens (tertiary/aromatic N) is 3. The van der Waals surface area contributed by atoms with Gasteiger partial charge in [0.25, 0.3) is 5.91 Å². The number of piperidine rings is 1. The number of rotatable bonds is 2. The Kier molecular flexibility index (Phi) is 4.23. The largest absolute Gasteiger partial charge is 0.326 e. The molecule has 1 fully saturated rings. The van der Waals surface area contributed by atoms with E-state index in [-0.39, 0.29) is 30.8 Å². The number of pyridine rings is 1. The van der Waals surface area contributed by atoms with Gasteiger partial charge < -0.3 is 10.2 Å². The van der Waals surface area contributed by atoms with E-state index in [9.17, 15) is 19.2 Å². The van der Waals surface area contributed by atoms with Gasteiger partial charge in [-0.3, -0.25) is 29.6 Å². The van der Waals surface area contributed by atoms with Crippen molar-refractivity contribution in [2.75, 3.05) is 16.8 Å². The van der Waals surface area contributed by atoms with Crippen molar-refractivity contribution in [3.63, 3.8) is 0 Å². The van der Waals surface area contributed by atoms with Crippen LogP contribution in [-0.2, 0) is 22.6 Å². The SMILES string of the molecule is O=C1CCC(N2Cc3cc(NC(=O)N4CCc5ncccc54)ccc3C2=O)C(=O)N1. The van der Waals surface area contributed by atoms with Gasteiger partial charge in [0.2, 0.25) is 11.8 Å². The number of fused-ring (bicyclic) bond motifs is 2. The van der Waals surface area contributed by atoms with Crippen molar-refractivity contribution in [2.45, 2.75) is 31.8 Å². The van der Waals surface area contributed by atoms with Gasteiger partial charge in [-0.15, -0.1) is 0 Å². The summed E-state index contributed by atoms with van der Waals surface area (Å²) in [6.45, 7) is 0.825. The zero-order valence-corrected chi connectivity index (χ0v) is 16.1. The monoisotopic (exact) mass is 405 g/mol. The van der Waals surface area contributed by atoms with Crippen LogP contribution in [0.15, 0.2) is 36.5 Å². The molecule has 0 saturated carbocycles. The highest BCUT2D eigenvalue weighted by Crippen LogP contribution is 2.30. The molecule has 1 aromatic carbocycles. The summed E-state index contributed by atoms with van der Waals surface area (Å²) in [6.07, 6.45) is 2.95. The summed E-state index contributed by atoms with van der Waals surface area (Å²) >= 11 is 0. The van der Waals surface area contributed by atoms with Crippen molar-refractivity contribution in [1.29, 1.82) is 0 Å². The minimum Gasteiger partial charge on any atom is -0.322 e. The number of carbonyl (C=O) groups is 4. The molecule has 1 atom stereocenters. The Labute approximate surface area is 172 Å². The quantitative estimate of drug-likeness (QED) is 0.735. The predicted octanol–water partition coefficient (Wildman–Crippen LogP) is 1.44. The number of amides is 5. The fourth-order valence-electron chi connectivity index (χ4n) is 4.26. The van der Waals surface area contributed by atoms with E-state index in [2.05, 4.69) is 15.6 Å². The van der Waals surface area contributed by atoms with E-state index in [0.29, 0.717) is 30.6 Å². The zero-order valence-electron chi connectivity index (χ0n) is 16.1. The molecule has 1 aromatic heterocycles. The standard InChI is InChI=1S/C21H19N5O4/c27-18-6-5-17(19(28)24-18)26-11-12-10-13(3-4-14(12)20(26)29)23-21(30)25-9-7-15-16(25)2-1-8-22-15/h1-4,8,10,17H,5-7,9,11H2,(H,23,30)(H,24,27,28). The molecule has 0 bridgehead atoms. The second kappa shape index (κ2) is 6.94. The zero-order chi connectivity index (χ0) is 20.8. The van der Waals surface area contributed by atoms with Gasteiger partial charge in [0, 0.05) is 43.4 Å². The van der Waals surface area contributed by atoms with Gasteiger partial charge in [-0.25, -0.2) is 4.79 Å². The Hall–Kier alpha value is -3.75. The van der Waals surface area contributed by atoms with E-state index in [0.717, 1.165) is 16.9 Å². The van der Waals surface area contributed by atoms with Crippen LogP contribution in [0.4, 0.5) is 16.2 Å². The Bertz CT molecular complexity index is 1100. The fourth-order valence-corrected chi connectivity index (χ4v) is 4.26. The van der Waals surface area contributed by atoms with Gasteiger partial charge >= 0.3 is 6.03 Å². The molecular weight excluding hydrogens is 386 g/mol. The number of nitrogens with one attached hydrogen (secondary N) is 2. The molecule has 1 saturated heterocycles. The average molecular weight is 405 g/mol. The summed E-state index contributed by atoms with van der Waals surface area (Å²) in [7, 11) is 0. The van der Waals surface area contributed by atoms with Crippen LogP contribution in [0, 0.1) is 0 Å². The molecule has 0 aliphatic carbocycles. The van der Waals surface area contributed by atoms with Crippen LogP contribution in [0.25, 0.3) is 0 Å². The van der Waals surface area contributed by atoms with E-state index >= 15 is 0 Å². The van der Waals surface area contributed by atoms with Crippen LogP contribution in [0.1, 0.15) is 34.5 Å². The maximum Gasteiger partial charge on any atom is 0.326 e. The third kappa shape index (κ3) is 2.99. The molecular formula is C21H19N5O4. The molecule has 30 heavy (non-hydrogen) atoms. The van der Waals surface area contributed by atoms with Crippen molar-refractivity contribution in [2.24, 2.45) is 0 Å². The van der Waals surface area contributed by atoms with Crippen molar-refractivity contribution in [3.05, 3.63) is 53.3 Å². The summed E-state index contributed by atoms with van der Waals surface area (Å²) in [5.74, 6) is -0.997. The van der Waals surface area contributed by atoms with Gasteiger partial charge in [-0.1, -0.05) is 0 Å². The number of imide groups is 1. The molecule has 2 aromatic rings. The molecule has 9 nitrogen and oxygen atoms in total. The lowest BCUT2D eigenvalue weighted by Crippen LogP contribution is -2.52. The highest BCUT2D eigenvalue weighted by molar-refractivity contribution is 6.06. The second-order valence-electron chi connectivity index (χ2n) is 7.57. The van der Waals surface area contributed by atoms with Crippen LogP contribution in [0.3, 0.4) is 0 Å². The molecule has 9 heteroatoms. The molecule has 5 amide bonds. The predicted molar refractivity (Wildman–Crippen MR) is 107 cm³/mol. The number of aromatic nitrogens is 1. The summed E-state index contributed by atoms with van der Waals surface area (Å²) in [6, 6.07) is 7.87. The summed E-state index contributed by atoms with van der Waals surface area (Å²) in [5.41, 5.74) is 3.52. The highest BCUT2D eigenvalue weighted by atomic mass is 16.2. The van der Waals surface area contributed by atoms with Crippen molar-refractivity contribution < 1.29 is 19.2 Å². The van der Waals surface area contributed by atoms with Gasteiger partial charge in [0.1, 0.15) is 6.04 Å². The summed E-state index contributed by atoms with van der Waals surface area (Å²) in [4.78, 5) is 56.5. The molecule has 1 unspecified atom stereocenters. The van der Waals surface area contributed by atoms with Crippen LogP contribution in [-0.4, -0.2) is 46.2 Å². The number of carbonyl (C=O) groups excluding carboxylic acids is 4. The maximum atomic E-state index is 12.8. The Morgan fingerprint density at radius 3 is 2.87 bits per heavy atom. The van der Waals surface area contributed by atoms with E-state index < -0.39 is 11.9 Å². The molecule has 3 aliphatic rings. The van der Waals surface area contributed by atoms with Gasteiger partial charge in [-0.05, 0) is 42.3 Å². The van der Waals surface area contributed by atoms with E-state index in [1.54, 1.807) is 35.4 Å². The van der Waals surface area contributed by atoms with E-state index in [1.165, 1.54) is 4.90 Å². The van der Waals surface area contributed by atoms with E-state index in [1.807, 2.05) is 6.07 Å². The molecule has 4 heterocycles. The van der Waals surface area contributed by atoms with Gasteiger partial charge in [-0.2, -0.15) is 0 Å². The molecule has 0 spiro atoms. The molecule has 3 aliphatic heterocycles. The lowest BCUT2D eigenvalue weighted by molar-refractivity contribution is -0.136. The van der Waals surface area contributed by atoms with E-state index in [4.69, 9.17) is 0 Å². The first-order valence-corrected chi connectivity index (χ1v) is 9.81. The topological polar surface area (TPSA) is 112 Å². The highest BCUT2D eigenvalue weighted by Gasteiger charge is 2.39. The first-order valence-electron chi connectivity index (χ1n) is 9.81. The van der Waals surface area contributed by atoms with Crippen LogP contribution >= 0.6 is 0 Å². The molecule has 0 radical (unpaired) electrons. The molecule has 5 rings (SSSR count). The maximum absolute atomic E-state index is 12.8. The lowest BCUT2D eigenvalue weighted by Gasteiger charge is -2.29. The normalized spacial score (nSPS) is 20.1. The number of benzene rings is 1. The number of anilines is 2. The Balaban J connectivity index is 1.32. The number of hydrogen-bond acceptors (Lipinski definition) is 5.